The number of hydrogen-bond acceptors (Lipinski definition) is 2. The molecule has 0 aromatic heterocycles. The second-order valence-corrected chi connectivity index (χ2v) is 7.97. The van der Waals surface area contributed by atoms with E-state index in [0.29, 0.717) is 0 Å². The Labute approximate surface area is 138 Å². The van der Waals surface area contributed by atoms with E-state index in [9.17, 15) is 0 Å². The van der Waals surface area contributed by atoms with E-state index < -0.39 is 0 Å². The molecule has 118 valence electrons. The van der Waals surface area contributed by atoms with Gasteiger partial charge in [-0.2, -0.15) is 0 Å². The second-order valence-electron chi connectivity index (χ2n) is 7.11. The van der Waals surface area contributed by atoms with Crippen molar-refractivity contribution in [3.8, 4) is 0 Å². The van der Waals surface area contributed by atoms with Gasteiger partial charge in [-0.25, -0.2) is 0 Å². The molecule has 0 radical (unpaired) electrons. The Morgan fingerprint density at radius 2 is 1.90 bits per heavy atom. The Morgan fingerprint density at radius 1 is 1.24 bits per heavy atom. The van der Waals surface area contributed by atoms with Crippen molar-refractivity contribution in [1.82, 2.24) is 5.32 Å². The fraction of sp³-hybridized carbons (Fsp3) is 0.667. The van der Waals surface area contributed by atoms with Crippen molar-refractivity contribution in [2.45, 2.75) is 71.5 Å². The first-order valence-electron chi connectivity index (χ1n) is 8.21. The summed E-state index contributed by atoms with van der Waals surface area (Å²) < 4.78 is 1.23. The van der Waals surface area contributed by atoms with E-state index in [1.807, 2.05) is 0 Å². The average Bonchev–Trinajstić information content (AvgIpc) is 2.92. The van der Waals surface area contributed by atoms with Gasteiger partial charge in [-0.1, -0.05) is 18.9 Å². The van der Waals surface area contributed by atoms with E-state index in [1.165, 1.54) is 41.4 Å². The third-order valence-electron chi connectivity index (χ3n) is 4.25. The molecule has 3 heteroatoms. The molecule has 1 aromatic rings. The highest BCUT2D eigenvalue weighted by Crippen LogP contribution is 2.33. The summed E-state index contributed by atoms with van der Waals surface area (Å²) in [6.45, 7) is 10.9. The molecule has 1 aliphatic rings. The molecule has 0 bridgehead atoms. The Morgan fingerprint density at radius 3 is 2.43 bits per heavy atom. The lowest BCUT2D eigenvalue weighted by Crippen LogP contribution is -2.35. The third-order valence-corrected chi connectivity index (χ3v) is 4.89. The summed E-state index contributed by atoms with van der Waals surface area (Å²) in [6, 6.07) is 7.54. The number of anilines is 1. The van der Waals surface area contributed by atoms with Gasteiger partial charge in [0.25, 0.3) is 0 Å². The maximum absolute atomic E-state index is 3.79. The second kappa shape index (κ2) is 7.15. The minimum absolute atomic E-state index is 0.157. The Balaban J connectivity index is 2.10. The van der Waals surface area contributed by atoms with E-state index >= 15 is 0 Å². The standard InChI is InChI=1S/C18H29BrN2/c1-5-21(15-8-6-7-9-15)17-11-10-14(12-16(17)19)13-20-18(2,3)4/h10-12,15,20H,5-9,13H2,1-4H3. The zero-order chi connectivity index (χ0) is 15.5. The molecule has 0 amide bonds. The number of halogens is 1. The van der Waals surface area contributed by atoms with Crippen LogP contribution in [-0.2, 0) is 6.54 Å². The molecule has 1 aromatic carbocycles. The van der Waals surface area contributed by atoms with Crippen LogP contribution in [0.5, 0.6) is 0 Å². The first kappa shape index (κ1) is 16.8. The number of rotatable bonds is 5. The van der Waals surface area contributed by atoms with E-state index in [2.05, 4.69) is 72.0 Å². The molecule has 0 atom stereocenters. The predicted octanol–water partition coefficient (Wildman–Crippen LogP) is 5.11. The Bertz CT molecular complexity index is 459. The van der Waals surface area contributed by atoms with Gasteiger partial charge in [0.15, 0.2) is 0 Å². The van der Waals surface area contributed by atoms with Gasteiger partial charge in [0, 0.05) is 29.1 Å². The molecule has 0 saturated heterocycles. The third kappa shape index (κ3) is 4.72. The van der Waals surface area contributed by atoms with Crippen molar-refractivity contribution in [2.75, 3.05) is 11.4 Å². The average molecular weight is 353 g/mol. The van der Waals surface area contributed by atoms with Gasteiger partial charge >= 0.3 is 0 Å². The zero-order valence-corrected chi connectivity index (χ0v) is 15.5. The van der Waals surface area contributed by atoms with Crippen molar-refractivity contribution in [3.63, 3.8) is 0 Å². The zero-order valence-electron chi connectivity index (χ0n) is 13.9. The van der Waals surface area contributed by atoms with Crippen LogP contribution in [0, 0.1) is 0 Å². The van der Waals surface area contributed by atoms with Gasteiger partial charge in [0.05, 0.1) is 5.69 Å². The van der Waals surface area contributed by atoms with E-state index in [4.69, 9.17) is 0 Å². The van der Waals surface area contributed by atoms with E-state index in [0.717, 1.165) is 19.1 Å². The Hall–Kier alpha value is -0.540. The lowest BCUT2D eigenvalue weighted by atomic mass is 10.1. The normalized spacial score (nSPS) is 16.4. The van der Waals surface area contributed by atoms with Crippen molar-refractivity contribution >= 4 is 21.6 Å². The largest absolute Gasteiger partial charge is 0.368 e. The van der Waals surface area contributed by atoms with Gasteiger partial charge in [-0.05, 0) is 74.2 Å². The van der Waals surface area contributed by atoms with Crippen LogP contribution in [-0.4, -0.2) is 18.1 Å². The van der Waals surface area contributed by atoms with Gasteiger partial charge in [-0.3, -0.25) is 0 Å². The summed E-state index contributed by atoms with van der Waals surface area (Å²) in [4.78, 5) is 2.57. The molecule has 0 heterocycles. The number of benzene rings is 1. The van der Waals surface area contributed by atoms with Gasteiger partial charge in [-0.15, -0.1) is 0 Å². The van der Waals surface area contributed by atoms with Crippen LogP contribution in [0.2, 0.25) is 0 Å². The molecule has 2 rings (SSSR count). The van der Waals surface area contributed by atoms with Crippen molar-refractivity contribution in [3.05, 3.63) is 28.2 Å². The topological polar surface area (TPSA) is 15.3 Å². The summed E-state index contributed by atoms with van der Waals surface area (Å²) in [5.74, 6) is 0. The highest BCUT2D eigenvalue weighted by atomic mass is 79.9. The maximum Gasteiger partial charge on any atom is 0.0513 e. The minimum Gasteiger partial charge on any atom is -0.368 e. The van der Waals surface area contributed by atoms with Crippen LogP contribution < -0.4 is 10.2 Å². The molecule has 2 nitrogen and oxygen atoms in total. The van der Waals surface area contributed by atoms with E-state index in [1.54, 1.807) is 0 Å². The molecule has 1 fully saturated rings. The Kier molecular flexibility index (Phi) is 5.73. The van der Waals surface area contributed by atoms with Crippen LogP contribution in [0.1, 0.15) is 58.9 Å². The van der Waals surface area contributed by atoms with Crippen molar-refractivity contribution in [1.29, 1.82) is 0 Å². The molecule has 0 spiro atoms. The van der Waals surface area contributed by atoms with Gasteiger partial charge < -0.3 is 10.2 Å². The van der Waals surface area contributed by atoms with Crippen LogP contribution in [0.15, 0.2) is 22.7 Å². The number of nitrogens with zero attached hydrogens (tertiary/aromatic N) is 1. The highest BCUT2D eigenvalue weighted by Gasteiger charge is 2.23. The monoisotopic (exact) mass is 352 g/mol. The summed E-state index contributed by atoms with van der Waals surface area (Å²) in [7, 11) is 0. The lowest BCUT2D eigenvalue weighted by molar-refractivity contribution is 0.424. The summed E-state index contributed by atoms with van der Waals surface area (Å²) >= 11 is 3.79. The fourth-order valence-electron chi connectivity index (χ4n) is 3.10. The van der Waals surface area contributed by atoms with Crippen LogP contribution in [0.4, 0.5) is 5.69 Å². The summed E-state index contributed by atoms with van der Waals surface area (Å²) in [5.41, 5.74) is 2.84. The van der Waals surface area contributed by atoms with Crippen LogP contribution in [0.25, 0.3) is 0 Å². The molecule has 0 unspecified atom stereocenters. The molecule has 1 N–H and O–H groups in total. The SMILES string of the molecule is CCN(c1ccc(CNC(C)(C)C)cc1Br)C1CCCC1. The minimum atomic E-state index is 0.157. The smallest absolute Gasteiger partial charge is 0.0513 e. The fourth-order valence-corrected chi connectivity index (χ4v) is 3.76. The van der Waals surface area contributed by atoms with Crippen LogP contribution >= 0.6 is 15.9 Å². The first-order valence-corrected chi connectivity index (χ1v) is 9.00. The van der Waals surface area contributed by atoms with Crippen molar-refractivity contribution in [2.24, 2.45) is 0 Å². The molecule has 21 heavy (non-hydrogen) atoms. The predicted molar refractivity (Wildman–Crippen MR) is 96.0 cm³/mol. The summed E-state index contributed by atoms with van der Waals surface area (Å²) in [5, 5.41) is 3.55. The number of hydrogen-bond donors (Lipinski definition) is 1. The molecule has 1 aliphatic carbocycles. The molecular formula is C18H29BrN2. The summed E-state index contributed by atoms with van der Waals surface area (Å²) in [6.07, 6.45) is 5.44. The molecule has 0 aliphatic heterocycles. The van der Waals surface area contributed by atoms with Gasteiger partial charge in [0.2, 0.25) is 0 Å². The highest BCUT2D eigenvalue weighted by molar-refractivity contribution is 9.10. The van der Waals surface area contributed by atoms with Crippen molar-refractivity contribution < 1.29 is 0 Å². The number of nitrogens with one attached hydrogen (secondary N) is 1. The van der Waals surface area contributed by atoms with Gasteiger partial charge in [0.1, 0.15) is 0 Å². The molecule has 1 saturated carbocycles. The molecular weight excluding hydrogens is 324 g/mol. The quantitative estimate of drug-likeness (QED) is 0.792. The lowest BCUT2D eigenvalue weighted by Gasteiger charge is -2.31. The van der Waals surface area contributed by atoms with Crippen LogP contribution in [0.3, 0.4) is 0 Å². The first-order chi connectivity index (χ1) is 9.90. The van der Waals surface area contributed by atoms with E-state index in [-0.39, 0.29) is 5.54 Å². The maximum atomic E-state index is 3.79.